The maximum absolute atomic E-state index is 12.0. The van der Waals surface area contributed by atoms with E-state index in [1.165, 1.54) is 24.0 Å². The van der Waals surface area contributed by atoms with Crippen molar-refractivity contribution in [2.45, 2.75) is 57.8 Å². The van der Waals surface area contributed by atoms with Crippen LogP contribution >= 0.6 is 0 Å². The molecule has 2 nitrogen and oxygen atoms in total. The third-order valence-electron chi connectivity index (χ3n) is 5.40. The van der Waals surface area contributed by atoms with E-state index in [0.29, 0.717) is 11.8 Å². The van der Waals surface area contributed by atoms with E-state index in [0.717, 1.165) is 10.8 Å². The SMILES string of the molecule is CC1(C)CCC(C)(C)c2cc3cc(C(=O)CC=O)ccc3cc21. The molecule has 1 aliphatic rings. The standard InChI is InChI=1S/C21H24O2/c1-20(2)8-9-21(3,4)18-13-16-11-15(19(23)7-10-22)6-5-14(16)12-17(18)20/h5-6,10-13H,7-9H2,1-4H3. The third kappa shape index (κ3) is 2.71. The zero-order valence-electron chi connectivity index (χ0n) is 14.4. The molecule has 120 valence electrons. The summed E-state index contributed by atoms with van der Waals surface area (Å²) in [5.41, 5.74) is 3.78. The van der Waals surface area contributed by atoms with Crippen molar-refractivity contribution in [2.24, 2.45) is 0 Å². The molecule has 0 atom stereocenters. The molecule has 0 radical (unpaired) electrons. The Kier molecular flexibility index (Phi) is 3.66. The number of benzene rings is 2. The van der Waals surface area contributed by atoms with Crippen molar-refractivity contribution in [3.8, 4) is 0 Å². The van der Waals surface area contributed by atoms with Crippen LogP contribution in [0.25, 0.3) is 10.8 Å². The first-order valence-electron chi connectivity index (χ1n) is 8.30. The number of carbonyl (C=O) groups excluding carboxylic acids is 2. The molecule has 0 amide bonds. The van der Waals surface area contributed by atoms with Gasteiger partial charge in [-0.25, -0.2) is 0 Å². The molecule has 3 rings (SSSR count). The summed E-state index contributed by atoms with van der Waals surface area (Å²) in [6.07, 6.45) is 2.98. The van der Waals surface area contributed by atoms with Crippen LogP contribution in [0, 0.1) is 0 Å². The predicted molar refractivity (Wildman–Crippen MR) is 94.2 cm³/mol. The molecule has 0 aromatic heterocycles. The van der Waals surface area contributed by atoms with E-state index < -0.39 is 0 Å². The first kappa shape index (κ1) is 15.9. The van der Waals surface area contributed by atoms with Gasteiger partial charge in [0.25, 0.3) is 0 Å². The smallest absolute Gasteiger partial charge is 0.169 e. The highest BCUT2D eigenvalue weighted by atomic mass is 16.1. The molecule has 0 unspecified atom stereocenters. The van der Waals surface area contributed by atoms with Crippen molar-refractivity contribution in [1.29, 1.82) is 0 Å². The van der Waals surface area contributed by atoms with Crippen LogP contribution in [0.3, 0.4) is 0 Å². The van der Waals surface area contributed by atoms with Crippen molar-refractivity contribution >= 4 is 22.8 Å². The van der Waals surface area contributed by atoms with Crippen molar-refractivity contribution in [2.75, 3.05) is 0 Å². The van der Waals surface area contributed by atoms with Gasteiger partial charge < -0.3 is 4.79 Å². The van der Waals surface area contributed by atoms with Crippen molar-refractivity contribution in [1.82, 2.24) is 0 Å². The molecular formula is C21H24O2. The first-order chi connectivity index (χ1) is 10.7. The highest BCUT2D eigenvalue weighted by Crippen LogP contribution is 2.46. The molecule has 0 fully saturated rings. The Hall–Kier alpha value is -1.96. The van der Waals surface area contributed by atoms with Gasteiger partial charge in [0.2, 0.25) is 0 Å². The summed E-state index contributed by atoms with van der Waals surface area (Å²) in [5, 5.41) is 2.25. The Morgan fingerprint density at radius 2 is 1.52 bits per heavy atom. The highest BCUT2D eigenvalue weighted by molar-refractivity contribution is 6.05. The van der Waals surface area contributed by atoms with Crippen LogP contribution in [0.2, 0.25) is 0 Å². The Balaban J connectivity index is 2.20. The lowest BCUT2D eigenvalue weighted by atomic mass is 9.63. The lowest BCUT2D eigenvalue weighted by Gasteiger charge is -2.42. The first-order valence-corrected chi connectivity index (χ1v) is 8.30. The number of rotatable bonds is 3. The second-order valence-corrected chi connectivity index (χ2v) is 8.02. The van der Waals surface area contributed by atoms with E-state index in [1.54, 1.807) is 0 Å². The van der Waals surface area contributed by atoms with Gasteiger partial charge in [0, 0.05) is 5.56 Å². The van der Waals surface area contributed by atoms with Crippen molar-refractivity contribution in [3.05, 3.63) is 47.0 Å². The number of aldehydes is 1. The quantitative estimate of drug-likeness (QED) is 0.456. The van der Waals surface area contributed by atoms with Gasteiger partial charge in [0.1, 0.15) is 6.29 Å². The monoisotopic (exact) mass is 308 g/mol. The average Bonchev–Trinajstić information content (AvgIpc) is 2.50. The van der Waals surface area contributed by atoms with Crippen LogP contribution < -0.4 is 0 Å². The average molecular weight is 308 g/mol. The van der Waals surface area contributed by atoms with Gasteiger partial charge in [-0.1, -0.05) is 52.0 Å². The van der Waals surface area contributed by atoms with E-state index >= 15 is 0 Å². The predicted octanol–water partition coefficient (Wildman–Crippen LogP) is 4.96. The summed E-state index contributed by atoms with van der Waals surface area (Å²) >= 11 is 0. The van der Waals surface area contributed by atoms with Crippen molar-refractivity contribution < 1.29 is 9.59 Å². The van der Waals surface area contributed by atoms with Crippen LogP contribution in [0.4, 0.5) is 0 Å². The lowest BCUT2D eigenvalue weighted by molar-refractivity contribution is -0.107. The van der Waals surface area contributed by atoms with Crippen LogP contribution in [-0.2, 0) is 15.6 Å². The van der Waals surface area contributed by atoms with Gasteiger partial charge in [0.05, 0.1) is 6.42 Å². The highest BCUT2D eigenvalue weighted by Gasteiger charge is 2.37. The van der Waals surface area contributed by atoms with E-state index in [2.05, 4.69) is 39.8 Å². The molecule has 0 N–H and O–H groups in total. The molecule has 0 spiro atoms. The summed E-state index contributed by atoms with van der Waals surface area (Å²) < 4.78 is 0. The molecule has 2 heteroatoms. The minimum Gasteiger partial charge on any atom is -0.303 e. The van der Waals surface area contributed by atoms with E-state index in [-0.39, 0.29) is 23.0 Å². The van der Waals surface area contributed by atoms with Crippen molar-refractivity contribution in [3.63, 3.8) is 0 Å². The normalized spacial score (nSPS) is 18.4. The molecule has 0 bridgehead atoms. The molecule has 2 aromatic rings. The molecule has 1 aliphatic carbocycles. The molecule has 2 aromatic carbocycles. The fraction of sp³-hybridized carbons (Fsp3) is 0.429. The number of ketones is 1. The number of hydrogen-bond donors (Lipinski definition) is 0. The molecule has 0 heterocycles. The Morgan fingerprint density at radius 3 is 2.09 bits per heavy atom. The Morgan fingerprint density at radius 1 is 0.957 bits per heavy atom. The van der Waals surface area contributed by atoms with E-state index in [1.807, 2.05) is 18.2 Å². The fourth-order valence-corrected chi connectivity index (χ4v) is 3.68. The van der Waals surface area contributed by atoms with E-state index in [4.69, 9.17) is 0 Å². The largest absolute Gasteiger partial charge is 0.303 e. The number of fused-ring (bicyclic) bond motifs is 2. The van der Waals surface area contributed by atoms with Gasteiger partial charge in [0.15, 0.2) is 5.78 Å². The maximum Gasteiger partial charge on any atom is 0.169 e. The fourth-order valence-electron chi connectivity index (χ4n) is 3.68. The van der Waals surface area contributed by atoms with Gasteiger partial charge in [-0.2, -0.15) is 0 Å². The summed E-state index contributed by atoms with van der Waals surface area (Å²) in [6, 6.07) is 10.3. The van der Waals surface area contributed by atoms with Crippen LogP contribution in [0.5, 0.6) is 0 Å². The number of hydrogen-bond acceptors (Lipinski definition) is 2. The zero-order valence-corrected chi connectivity index (χ0v) is 14.4. The third-order valence-corrected chi connectivity index (χ3v) is 5.40. The number of Topliss-reactive ketones (excluding diaryl/α,β-unsaturated/α-hetero) is 1. The maximum atomic E-state index is 12.0. The van der Waals surface area contributed by atoms with Gasteiger partial charge in [-0.05, 0) is 51.6 Å². The molecular weight excluding hydrogens is 284 g/mol. The Labute approximate surface area is 137 Å². The minimum atomic E-state index is -0.112. The van der Waals surface area contributed by atoms with Crippen LogP contribution in [0.15, 0.2) is 30.3 Å². The molecule has 0 saturated heterocycles. The van der Waals surface area contributed by atoms with Gasteiger partial charge >= 0.3 is 0 Å². The summed E-state index contributed by atoms with van der Waals surface area (Å²) in [7, 11) is 0. The van der Waals surface area contributed by atoms with Gasteiger partial charge in [-0.3, -0.25) is 4.79 Å². The van der Waals surface area contributed by atoms with Crippen LogP contribution in [0.1, 0.15) is 68.4 Å². The van der Waals surface area contributed by atoms with E-state index in [9.17, 15) is 9.59 Å². The Bertz CT molecular complexity index is 797. The molecule has 0 aliphatic heterocycles. The summed E-state index contributed by atoms with van der Waals surface area (Å²) in [4.78, 5) is 22.6. The summed E-state index contributed by atoms with van der Waals surface area (Å²) in [5.74, 6) is -0.112. The summed E-state index contributed by atoms with van der Waals surface area (Å²) in [6.45, 7) is 9.23. The number of carbonyl (C=O) groups is 2. The van der Waals surface area contributed by atoms with Gasteiger partial charge in [-0.15, -0.1) is 0 Å². The molecule has 0 saturated carbocycles. The lowest BCUT2D eigenvalue weighted by Crippen LogP contribution is -2.33. The second-order valence-electron chi connectivity index (χ2n) is 8.02. The zero-order chi connectivity index (χ0) is 16.8. The topological polar surface area (TPSA) is 34.1 Å². The van der Waals surface area contributed by atoms with Crippen LogP contribution in [-0.4, -0.2) is 12.1 Å². The minimum absolute atomic E-state index is 0.0467. The second kappa shape index (κ2) is 5.30. The molecule has 23 heavy (non-hydrogen) atoms.